The van der Waals surface area contributed by atoms with Gasteiger partial charge in [-0.2, -0.15) is 14.7 Å². The maximum atomic E-state index is 13.9. The van der Waals surface area contributed by atoms with E-state index < -0.39 is 89.2 Å². The van der Waals surface area contributed by atoms with Gasteiger partial charge in [0, 0.05) is 40.7 Å². The van der Waals surface area contributed by atoms with E-state index in [-0.39, 0.29) is 352 Å². The maximum absolute atomic E-state index is 13.9. The van der Waals surface area contributed by atoms with Crippen LogP contribution in [0.3, 0.4) is 0 Å². The molecule has 0 atom stereocenters. The number of aromatic nitrogens is 2. The molecule has 4 rings (SSSR count). The topological polar surface area (TPSA) is 369 Å². The number of carbonyl (C=O) groups is 1. The summed E-state index contributed by atoms with van der Waals surface area (Å²) in [6, 6.07) is 10.2. The summed E-state index contributed by atoms with van der Waals surface area (Å²) in [5.41, 5.74) is -0.846. The van der Waals surface area contributed by atoms with Crippen molar-refractivity contribution >= 4 is 105 Å². The molecule has 0 spiro atoms. The summed E-state index contributed by atoms with van der Waals surface area (Å²) in [6.07, 6.45) is 0.0690. The van der Waals surface area contributed by atoms with E-state index in [9.17, 15) is 67.2 Å². The second-order valence-corrected chi connectivity index (χ2v) is 21.0. The fraction of sp³-hybridized carbons (Fsp3) is 0.324. The third kappa shape index (κ3) is 24.4. The number of anilines is 2. The SMILES string of the molecule is CC(C)c1nn(-c2c(Cl)cc(S(=O)(=O)[O-])cc2Cl)c(N=Nc2ccc(N(CCCCS(=O)(=O)[O-])CCCCS(=O)(=O)[O-])cc2NC(=O)c2cc(SOO[O-])cc(S(=O)(=O)[O-])c2)c1C#N.[K+].[K+].[K+].[K+].[K+]. The zero-order chi connectivity index (χ0) is 47.8. The van der Waals surface area contributed by atoms with Crippen molar-refractivity contribution in [1.82, 2.24) is 9.78 Å². The van der Waals surface area contributed by atoms with Crippen LogP contribution in [0.2, 0.25) is 10.0 Å². The fourth-order valence-electron chi connectivity index (χ4n) is 5.76. The molecule has 23 nitrogen and oxygen atoms in total. The van der Waals surface area contributed by atoms with Crippen LogP contribution in [0, 0.1) is 11.3 Å². The van der Waals surface area contributed by atoms with E-state index in [0.717, 1.165) is 28.9 Å². The number of nitriles is 1. The average Bonchev–Trinajstić information content (AvgIpc) is 3.55. The van der Waals surface area contributed by atoms with Crippen LogP contribution in [-0.2, 0) is 49.8 Å². The summed E-state index contributed by atoms with van der Waals surface area (Å²) in [5.74, 6) is -3.26. The standard InChI is InChI=1S/C34H37Cl2N7O16S5.5K/c1-20(2)31-26(19-37)33(43(41-31)32-27(35)17-25(18-28(32)36)64(55,56)57)40-39-29-8-7-22(42(9-3-5-11-61(46,47)48)10-4-6-12-62(49,50)51)15-30(29)38-34(44)21-13-23(60-59-58-45)16-24(14-21)63(52,53)54;;;;;/h7-8,13-18,20,45H,3-6,9-12H2,1-2H3,(H,38,44)(H,46,47,48)(H,49,50,51)(H,52,53,54)(H,55,56,57);;;;;/q;5*+1/p-5. The molecule has 1 amide bonds. The Hall–Kier alpha value is 3.86. The van der Waals surface area contributed by atoms with Crippen LogP contribution < -0.4 is 272 Å². The van der Waals surface area contributed by atoms with Gasteiger partial charge in [0.15, 0.2) is 5.82 Å². The first-order valence-corrected chi connectivity index (χ1v) is 25.4. The Labute approximate surface area is 625 Å². The van der Waals surface area contributed by atoms with Crippen molar-refractivity contribution in [2.45, 2.75) is 60.1 Å². The van der Waals surface area contributed by atoms with Gasteiger partial charge in [0.2, 0.25) is 0 Å². The number of nitrogens with zero attached hydrogens (tertiary/aromatic N) is 6. The van der Waals surface area contributed by atoms with Gasteiger partial charge >= 0.3 is 257 Å². The molecule has 0 aliphatic rings. The van der Waals surface area contributed by atoms with E-state index in [1.807, 2.05) is 6.07 Å². The third-order valence-corrected chi connectivity index (χ3v) is 12.9. The van der Waals surface area contributed by atoms with Crippen molar-refractivity contribution in [2.24, 2.45) is 10.2 Å². The molecule has 69 heavy (non-hydrogen) atoms. The molecule has 4 aromatic rings. The number of unbranched alkanes of at least 4 members (excludes halogenated alkanes) is 2. The molecule has 35 heteroatoms. The fourth-order valence-corrected chi connectivity index (χ4v) is 9.25. The van der Waals surface area contributed by atoms with Crippen LogP contribution in [0.25, 0.3) is 5.69 Å². The number of nitrogens with one attached hydrogen (secondary N) is 1. The molecule has 0 aliphatic heterocycles. The number of rotatable bonds is 22. The minimum absolute atomic E-state index is 0. The Morgan fingerprint density at radius 3 is 1.80 bits per heavy atom. The van der Waals surface area contributed by atoms with Crippen LogP contribution in [0.5, 0.6) is 0 Å². The normalized spacial score (nSPS) is 11.6. The van der Waals surface area contributed by atoms with Crippen molar-refractivity contribution in [3.63, 3.8) is 0 Å². The van der Waals surface area contributed by atoms with Gasteiger partial charge in [-0.05, 0) is 80.1 Å². The first kappa shape index (κ1) is 74.9. The largest absolute Gasteiger partial charge is 1.00 e. The van der Waals surface area contributed by atoms with Gasteiger partial charge < -0.3 is 33.7 Å². The number of carbonyl (C=O) groups excluding carboxylic acids is 1. The van der Waals surface area contributed by atoms with Crippen LogP contribution in [0.1, 0.15) is 67.1 Å². The van der Waals surface area contributed by atoms with Crippen molar-refractivity contribution in [1.29, 1.82) is 5.26 Å². The summed E-state index contributed by atoms with van der Waals surface area (Å²) >= 11 is 13.0. The van der Waals surface area contributed by atoms with E-state index in [1.165, 1.54) is 18.2 Å². The smallest absolute Gasteiger partial charge is 0.748 e. The minimum Gasteiger partial charge on any atom is -0.748 e. The van der Waals surface area contributed by atoms with Crippen LogP contribution >= 0.6 is 35.2 Å². The zero-order valence-corrected chi connectivity index (χ0v) is 59.1. The number of hydrogen-bond donors (Lipinski definition) is 1. The number of hydrogen-bond acceptors (Lipinski definition) is 22. The van der Waals surface area contributed by atoms with Crippen molar-refractivity contribution in [2.75, 3.05) is 34.8 Å². The summed E-state index contributed by atoms with van der Waals surface area (Å²) in [5, 5.41) is 38.6. The molecular weight excluding hydrogens is 1190 g/mol. The van der Waals surface area contributed by atoms with Crippen LogP contribution in [-0.4, -0.2) is 92.2 Å². The van der Waals surface area contributed by atoms with Gasteiger partial charge in [-0.1, -0.05) is 37.0 Å². The van der Waals surface area contributed by atoms with Gasteiger partial charge in [0.1, 0.15) is 43.2 Å². The Morgan fingerprint density at radius 2 is 1.33 bits per heavy atom. The Balaban J connectivity index is 0. The molecule has 3 aromatic carbocycles. The van der Waals surface area contributed by atoms with Crippen molar-refractivity contribution in [3.05, 3.63) is 75.4 Å². The summed E-state index contributed by atoms with van der Waals surface area (Å²) in [4.78, 5) is 13.5. The van der Waals surface area contributed by atoms with Gasteiger partial charge in [0.05, 0.1) is 63.5 Å². The molecule has 0 saturated carbocycles. The molecule has 0 bridgehead atoms. The molecule has 0 saturated heterocycles. The molecule has 0 fully saturated rings. The van der Waals surface area contributed by atoms with Crippen LogP contribution in [0.4, 0.5) is 22.9 Å². The Kier molecular flexibility index (Phi) is 37.0. The van der Waals surface area contributed by atoms with E-state index in [1.54, 1.807) is 18.7 Å². The third-order valence-electron chi connectivity index (χ3n) is 8.62. The Morgan fingerprint density at radius 1 is 0.812 bits per heavy atom. The summed E-state index contributed by atoms with van der Waals surface area (Å²) in [6.45, 7) is 3.46. The summed E-state index contributed by atoms with van der Waals surface area (Å²) < 4.78 is 144. The number of benzene rings is 3. The second kappa shape index (κ2) is 34.1. The van der Waals surface area contributed by atoms with Crippen LogP contribution in [0.15, 0.2) is 73.4 Å². The average molecular weight is 1220 g/mol. The van der Waals surface area contributed by atoms with Gasteiger partial charge in [-0.3, -0.25) is 9.83 Å². The van der Waals surface area contributed by atoms with Gasteiger partial charge in [-0.25, -0.2) is 38.4 Å². The predicted molar refractivity (Wildman–Crippen MR) is 221 cm³/mol. The zero-order valence-electron chi connectivity index (χ0n) is 37.9. The molecule has 348 valence electrons. The minimum atomic E-state index is -5.21. The van der Waals surface area contributed by atoms with Gasteiger partial charge in [0.25, 0.3) is 5.91 Å². The van der Waals surface area contributed by atoms with Gasteiger partial charge in [-0.15, -0.1) is 10.2 Å². The number of halogens is 2. The monoisotopic (exact) mass is 1220 g/mol. The first-order valence-electron chi connectivity index (χ1n) is 17.9. The molecule has 1 N–H and O–H groups in total. The molecule has 0 aliphatic carbocycles. The Bertz CT molecular complexity index is 2890. The predicted octanol–water partition coefficient (Wildman–Crippen LogP) is -10.6. The number of amides is 1. The van der Waals surface area contributed by atoms with E-state index >= 15 is 0 Å². The van der Waals surface area contributed by atoms with E-state index in [2.05, 4.69) is 30.0 Å². The molecular formula is C34H32Cl2K5N7O16S5. The quantitative estimate of drug-likeness (QED) is 0.0145. The maximum Gasteiger partial charge on any atom is 1.00 e. The van der Waals surface area contributed by atoms with E-state index in [0.29, 0.717) is 6.07 Å². The van der Waals surface area contributed by atoms with E-state index in [4.69, 9.17) is 23.2 Å². The molecule has 0 unspecified atom stereocenters. The molecule has 1 aromatic heterocycles. The van der Waals surface area contributed by atoms with Crippen molar-refractivity contribution < 1.29 is 328 Å². The first-order chi connectivity index (χ1) is 29.7. The van der Waals surface area contributed by atoms with Crippen molar-refractivity contribution in [3.8, 4) is 11.8 Å². The number of azo groups is 1. The molecule has 1 heterocycles. The second-order valence-electron chi connectivity index (χ2n) is 13.6. The summed E-state index contributed by atoms with van der Waals surface area (Å²) in [7, 11) is -19.4. The molecule has 0 radical (unpaired) electrons.